The van der Waals surface area contributed by atoms with Crippen molar-refractivity contribution in [3.8, 4) is 0 Å². The Labute approximate surface area is 124 Å². The number of hydrogen-bond acceptors (Lipinski definition) is 2. The van der Waals surface area contributed by atoms with Crippen molar-refractivity contribution in [3.05, 3.63) is 35.6 Å². The van der Waals surface area contributed by atoms with E-state index >= 15 is 0 Å². The van der Waals surface area contributed by atoms with Gasteiger partial charge < -0.3 is 0 Å². The third kappa shape index (κ3) is 3.93. The maximum Gasteiger partial charge on any atom is 0.214 e. The van der Waals surface area contributed by atoms with Gasteiger partial charge in [0.15, 0.2) is 0 Å². The zero-order valence-corrected chi connectivity index (χ0v) is 13.0. The summed E-state index contributed by atoms with van der Waals surface area (Å²) in [6, 6.07) is 6.32. The molecule has 3 nitrogen and oxygen atoms in total. The Morgan fingerprint density at radius 1 is 1.40 bits per heavy atom. The Kier molecular flexibility index (Phi) is 5.04. The lowest BCUT2D eigenvalue weighted by molar-refractivity contribution is 0.388. The summed E-state index contributed by atoms with van der Waals surface area (Å²) in [5.74, 6) is -0.152. The molecule has 1 atom stereocenters. The van der Waals surface area contributed by atoms with E-state index in [4.69, 9.17) is 11.6 Å². The second kappa shape index (κ2) is 6.41. The number of nitrogens with zero attached hydrogens (tertiary/aromatic N) is 1. The van der Waals surface area contributed by atoms with Crippen LogP contribution in [0.1, 0.15) is 25.3 Å². The van der Waals surface area contributed by atoms with Crippen LogP contribution in [-0.4, -0.2) is 30.4 Å². The second-order valence-electron chi connectivity index (χ2n) is 5.41. The highest BCUT2D eigenvalue weighted by Crippen LogP contribution is 2.32. The van der Waals surface area contributed by atoms with E-state index in [1.807, 2.05) is 0 Å². The number of hydrogen-bond donors (Lipinski definition) is 0. The van der Waals surface area contributed by atoms with E-state index in [-0.39, 0.29) is 30.1 Å². The Bertz CT molecular complexity index is 560. The average Bonchev–Trinajstić information content (AvgIpc) is 3.21. The monoisotopic (exact) mass is 319 g/mol. The summed E-state index contributed by atoms with van der Waals surface area (Å²) < 4.78 is 40.0. The van der Waals surface area contributed by atoms with Crippen LogP contribution >= 0.6 is 11.6 Å². The highest BCUT2D eigenvalue weighted by Gasteiger charge is 2.37. The van der Waals surface area contributed by atoms with Gasteiger partial charge in [0, 0.05) is 24.0 Å². The van der Waals surface area contributed by atoms with E-state index in [0.717, 1.165) is 12.8 Å². The maximum absolute atomic E-state index is 13.7. The number of halogens is 2. The molecule has 0 heterocycles. The first kappa shape index (κ1) is 15.7. The molecule has 1 saturated carbocycles. The van der Waals surface area contributed by atoms with Gasteiger partial charge in [-0.15, -0.1) is 11.6 Å². The molecule has 1 aromatic rings. The normalized spacial score (nSPS) is 17.4. The molecule has 112 valence electrons. The van der Waals surface area contributed by atoms with Gasteiger partial charge in [-0.05, 0) is 24.8 Å². The minimum Gasteiger partial charge on any atom is -0.212 e. The summed E-state index contributed by atoms with van der Waals surface area (Å²) in [5.41, 5.74) is 0.418. The van der Waals surface area contributed by atoms with E-state index in [0.29, 0.717) is 11.4 Å². The van der Waals surface area contributed by atoms with Crippen LogP contribution in [0.4, 0.5) is 4.39 Å². The van der Waals surface area contributed by atoms with Crippen LogP contribution in [0.5, 0.6) is 0 Å². The minimum atomic E-state index is -3.40. The smallest absolute Gasteiger partial charge is 0.212 e. The van der Waals surface area contributed by atoms with Crippen molar-refractivity contribution < 1.29 is 12.8 Å². The van der Waals surface area contributed by atoms with Gasteiger partial charge in [0.2, 0.25) is 10.0 Å². The molecule has 1 fully saturated rings. The van der Waals surface area contributed by atoms with Gasteiger partial charge in [-0.2, -0.15) is 4.31 Å². The van der Waals surface area contributed by atoms with Crippen molar-refractivity contribution in [2.75, 3.05) is 11.6 Å². The molecule has 1 unspecified atom stereocenters. The maximum atomic E-state index is 13.7. The molecule has 1 aliphatic carbocycles. The Morgan fingerprint density at radius 3 is 2.60 bits per heavy atom. The molecular formula is C14H19ClFNO2S. The van der Waals surface area contributed by atoms with Gasteiger partial charge in [0.25, 0.3) is 0 Å². The third-order valence-electron chi connectivity index (χ3n) is 3.35. The first-order chi connectivity index (χ1) is 9.44. The van der Waals surface area contributed by atoms with E-state index in [1.165, 1.54) is 10.4 Å². The largest absolute Gasteiger partial charge is 0.214 e. The lowest BCUT2D eigenvalue weighted by atomic mass is 10.2. The van der Waals surface area contributed by atoms with E-state index in [2.05, 4.69) is 0 Å². The topological polar surface area (TPSA) is 37.4 Å². The summed E-state index contributed by atoms with van der Waals surface area (Å²) in [5, 5.41) is 0. The van der Waals surface area contributed by atoms with Crippen LogP contribution in [0.2, 0.25) is 0 Å². The number of benzene rings is 1. The molecule has 1 aliphatic rings. The lowest BCUT2D eigenvalue weighted by Gasteiger charge is -2.23. The molecule has 0 aliphatic heterocycles. The Hall–Kier alpha value is -0.650. The summed E-state index contributed by atoms with van der Waals surface area (Å²) in [7, 11) is -3.40. The molecule has 0 bridgehead atoms. The lowest BCUT2D eigenvalue weighted by Crippen LogP contribution is -2.36. The molecular weight excluding hydrogens is 301 g/mol. The van der Waals surface area contributed by atoms with Crippen molar-refractivity contribution in [1.29, 1.82) is 0 Å². The highest BCUT2D eigenvalue weighted by molar-refractivity contribution is 7.89. The molecule has 0 spiro atoms. The second-order valence-corrected chi connectivity index (χ2v) is 7.68. The zero-order chi connectivity index (χ0) is 14.8. The van der Waals surface area contributed by atoms with Gasteiger partial charge >= 0.3 is 0 Å². The molecule has 1 aromatic carbocycles. The molecule has 0 saturated heterocycles. The SMILES string of the molecule is CC(CCl)CS(=O)(=O)N(Cc1ccccc1F)C1CC1. The quantitative estimate of drug-likeness (QED) is 0.725. The van der Waals surface area contributed by atoms with Gasteiger partial charge in [0.05, 0.1) is 5.75 Å². The van der Waals surface area contributed by atoms with Crippen LogP contribution in [0, 0.1) is 11.7 Å². The first-order valence-electron chi connectivity index (χ1n) is 6.73. The molecule has 20 heavy (non-hydrogen) atoms. The summed E-state index contributed by atoms with van der Waals surface area (Å²) in [6.45, 7) is 1.91. The molecule has 0 aromatic heterocycles. The van der Waals surface area contributed by atoms with E-state index < -0.39 is 10.0 Å². The molecule has 0 N–H and O–H groups in total. The molecule has 2 rings (SSSR count). The number of rotatable bonds is 7. The predicted octanol–water partition coefficient (Wildman–Crippen LogP) is 2.99. The van der Waals surface area contributed by atoms with Crippen molar-refractivity contribution in [2.45, 2.75) is 32.4 Å². The molecule has 0 radical (unpaired) electrons. The Balaban J connectivity index is 2.17. The summed E-state index contributed by atoms with van der Waals surface area (Å²) in [4.78, 5) is 0. The number of alkyl halides is 1. The third-order valence-corrected chi connectivity index (χ3v) is 6.01. The van der Waals surface area contributed by atoms with Crippen LogP contribution in [0.15, 0.2) is 24.3 Å². The predicted molar refractivity (Wildman–Crippen MR) is 78.6 cm³/mol. The van der Waals surface area contributed by atoms with Crippen molar-refractivity contribution >= 4 is 21.6 Å². The van der Waals surface area contributed by atoms with Gasteiger partial charge in [-0.1, -0.05) is 25.1 Å². The molecule has 0 amide bonds. The van der Waals surface area contributed by atoms with Crippen LogP contribution in [0.25, 0.3) is 0 Å². The van der Waals surface area contributed by atoms with Gasteiger partial charge in [0.1, 0.15) is 5.82 Å². The summed E-state index contributed by atoms with van der Waals surface area (Å²) in [6.07, 6.45) is 1.70. The minimum absolute atomic E-state index is 0.0153. The first-order valence-corrected chi connectivity index (χ1v) is 8.87. The fraction of sp³-hybridized carbons (Fsp3) is 0.571. The van der Waals surface area contributed by atoms with Crippen molar-refractivity contribution in [2.24, 2.45) is 5.92 Å². The van der Waals surface area contributed by atoms with Crippen LogP contribution in [0.3, 0.4) is 0 Å². The van der Waals surface area contributed by atoms with E-state index in [9.17, 15) is 12.8 Å². The molecule has 6 heteroatoms. The van der Waals surface area contributed by atoms with Crippen LogP contribution in [-0.2, 0) is 16.6 Å². The van der Waals surface area contributed by atoms with Crippen molar-refractivity contribution in [1.82, 2.24) is 4.31 Å². The fourth-order valence-electron chi connectivity index (χ4n) is 2.11. The average molecular weight is 320 g/mol. The fourth-order valence-corrected chi connectivity index (χ4v) is 4.38. The van der Waals surface area contributed by atoms with Gasteiger partial charge in [-0.3, -0.25) is 0 Å². The van der Waals surface area contributed by atoms with Crippen molar-refractivity contribution in [3.63, 3.8) is 0 Å². The standard InChI is InChI=1S/C14H19ClFNO2S/c1-11(8-15)10-20(18,19)17(13-6-7-13)9-12-4-2-3-5-14(12)16/h2-5,11,13H,6-10H2,1H3. The van der Waals surface area contributed by atoms with Crippen LogP contribution < -0.4 is 0 Å². The van der Waals surface area contributed by atoms with Gasteiger partial charge in [-0.25, -0.2) is 12.8 Å². The summed E-state index contributed by atoms with van der Waals surface area (Å²) >= 11 is 5.70. The zero-order valence-electron chi connectivity index (χ0n) is 11.4. The Morgan fingerprint density at radius 2 is 2.05 bits per heavy atom. The highest BCUT2D eigenvalue weighted by atomic mass is 35.5. The van der Waals surface area contributed by atoms with E-state index in [1.54, 1.807) is 25.1 Å². The number of sulfonamides is 1.